The second kappa shape index (κ2) is 9.21. The van der Waals surface area contributed by atoms with E-state index in [2.05, 4.69) is 22.1 Å². The van der Waals surface area contributed by atoms with E-state index in [1.54, 1.807) is 14.1 Å². The van der Waals surface area contributed by atoms with Crippen LogP contribution in [0.25, 0.3) is 11.4 Å². The summed E-state index contributed by atoms with van der Waals surface area (Å²) in [5.74, 6) is -2.19. The van der Waals surface area contributed by atoms with Crippen molar-refractivity contribution in [3.63, 3.8) is 0 Å². The Morgan fingerprint density at radius 1 is 1.21 bits per heavy atom. The Bertz CT molecular complexity index is 1060. The number of carbonyl (C=O) groups is 2. The van der Waals surface area contributed by atoms with Crippen molar-refractivity contribution in [2.75, 3.05) is 21.1 Å². The lowest BCUT2D eigenvalue weighted by Gasteiger charge is -2.32. The van der Waals surface area contributed by atoms with Crippen molar-refractivity contribution in [3.8, 4) is 11.4 Å². The maximum Gasteiger partial charge on any atom is 0.272 e. The fourth-order valence-corrected chi connectivity index (χ4v) is 3.96. The van der Waals surface area contributed by atoms with Crippen LogP contribution in [0.4, 0.5) is 8.78 Å². The van der Waals surface area contributed by atoms with Crippen LogP contribution in [-0.2, 0) is 17.9 Å². The Hall–Kier alpha value is -2.81. The van der Waals surface area contributed by atoms with Gasteiger partial charge >= 0.3 is 0 Å². The Morgan fingerprint density at radius 2 is 1.88 bits per heavy atom. The lowest BCUT2D eigenvalue weighted by Crippen LogP contribution is -2.53. The molecule has 0 bridgehead atoms. The number of amides is 2. The summed E-state index contributed by atoms with van der Waals surface area (Å²) in [4.78, 5) is 34.4. The van der Waals surface area contributed by atoms with Gasteiger partial charge in [0.15, 0.2) is 17.3 Å². The van der Waals surface area contributed by atoms with Gasteiger partial charge in [0.1, 0.15) is 11.9 Å². The smallest absolute Gasteiger partial charge is 0.272 e. The summed E-state index contributed by atoms with van der Waals surface area (Å²) in [5.41, 5.74) is 0.741. The number of aromatic nitrogens is 2. The molecule has 0 saturated heterocycles. The zero-order valence-corrected chi connectivity index (χ0v) is 20.4. The van der Waals surface area contributed by atoms with Gasteiger partial charge < -0.3 is 14.8 Å². The molecule has 180 valence electrons. The van der Waals surface area contributed by atoms with Crippen LogP contribution in [0.5, 0.6) is 0 Å². The first-order valence-corrected chi connectivity index (χ1v) is 11.1. The average Bonchev–Trinajstić information content (AvgIpc) is 3.01. The highest BCUT2D eigenvalue weighted by Crippen LogP contribution is 2.29. The molecule has 1 aromatic carbocycles. The monoisotopic (exact) mass is 461 g/mol. The van der Waals surface area contributed by atoms with Gasteiger partial charge in [0.25, 0.3) is 5.91 Å². The second-order valence-electron chi connectivity index (χ2n) is 10.1. The molecule has 33 heavy (non-hydrogen) atoms. The Kier molecular flexibility index (Phi) is 6.93. The van der Waals surface area contributed by atoms with E-state index in [0.717, 1.165) is 18.6 Å². The molecule has 3 rings (SSSR count). The highest BCUT2D eigenvalue weighted by atomic mass is 19.2. The first-order valence-electron chi connectivity index (χ1n) is 11.1. The predicted molar refractivity (Wildman–Crippen MR) is 123 cm³/mol. The number of hydrogen-bond acceptors (Lipinski definition) is 4. The van der Waals surface area contributed by atoms with Crippen LogP contribution in [0.1, 0.15) is 50.3 Å². The summed E-state index contributed by atoms with van der Waals surface area (Å²) in [7, 11) is 5.26. The SMILES string of the molecule is CC1CCn2c(-c3ccc(F)c(F)c3)nc(C(=O)N[C@H](C(=O)N(C)C)C(C)(C)C)c2CN1C. The van der Waals surface area contributed by atoms with E-state index < -0.39 is 29.0 Å². The molecule has 0 fully saturated rings. The topological polar surface area (TPSA) is 70.5 Å². The molecule has 2 amide bonds. The van der Waals surface area contributed by atoms with Gasteiger partial charge in [-0.2, -0.15) is 0 Å². The number of carbonyl (C=O) groups excluding carboxylic acids is 2. The molecule has 0 saturated carbocycles. The molecule has 2 aromatic rings. The molecule has 0 aliphatic carbocycles. The van der Waals surface area contributed by atoms with Gasteiger partial charge in [-0.3, -0.25) is 14.5 Å². The van der Waals surface area contributed by atoms with Gasteiger partial charge in [0.2, 0.25) is 5.91 Å². The highest BCUT2D eigenvalue weighted by molar-refractivity contribution is 5.97. The van der Waals surface area contributed by atoms with Crippen molar-refractivity contribution < 1.29 is 18.4 Å². The normalized spacial score (nSPS) is 17.8. The van der Waals surface area contributed by atoms with E-state index in [1.807, 2.05) is 32.4 Å². The van der Waals surface area contributed by atoms with E-state index in [0.29, 0.717) is 30.2 Å². The summed E-state index contributed by atoms with van der Waals surface area (Å²) < 4.78 is 29.4. The maximum atomic E-state index is 14.0. The van der Waals surface area contributed by atoms with E-state index >= 15 is 0 Å². The molecule has 1 aromatic heterocycles. The second-order valence-corrected chi connectivity index (χ2v) is 10.1. The van der Waals surface area contributed by atoms with E-state index in [4.69, 9.17) is 0 Å². The number of halogens is 2. The largest absolute Gasteiger partial charge is 0.347 e. The highest BCUT2D eigenvalue weighted by Gasteiger charge is 2.36. The third-order valence-electron chi connectivity index (χ3n) is 6.22. The first-order chi connectivity index (χ1) is 15.3. The Balaban J connectivity index is 2.09. The number of nitrogens with one attached hydrogen (secondary N) is 1. The van der Waals surface area contributed by atoms with Crippen molar-refractivity contribution >= 4 is 11.8 Å². The number of benzene rings is 1. The van der Waals surface area contributed by atoms with Crippen LogP contribution >= 0.6 is 0 Å². The zero-order valence-electron chi connectivity index (χ0n) is 20.4. The molecule has 2 heterocycles. The van der Waals surface area contributed by atoms with Gasteiger partial charge in [-0.25, -0.2) is 13.8 Å². The fraction of sp³-hybridized carbons (Fsp3) is 0.542. The lowest BCUT2D eigenvalue weighted by atomic mass is 9.85. The summed E-state index contributed by atoms with van der Waals surface area (Å²) in [5, 5.41) is 2.88. The van der Waals surface area contributed by atoms with Crippen LogP contribution in [0, 0.1) is 17.0 Å². The van der Waals surface area contributed by atoms with Gasteiger partial charge in [0, 0.05) is 38.8 Å². The van der Waals surface area contributed by atoms with Crippen molar-refractivity contribution in [3.05, 3.63) is 41.2 Å². The fourth-order valence-electron chi connectivity index (χ4n) is 3.96. The van der Waals surface area contributed by atoms with Crippen LogP contribution in [0.2, 0.25) is 0 Å². The molecular formula is C24H33F2N5O2. The zero-order chi connectivity index (χ0) is 24.7. The average molecular weight is 462 g/mol. The molecule has 1 aliphatic rings. The standard InChI is InChI=1S/C24H33F2N5O2/c1-14-10-11-31-18(13-30(14)7)19(27-21(31)15-8-9-16(25)17(26)12-15)22(32)28-20(24(2,3)4)23(33)29(5)6/h8-9,12,14,20H,10-11,13H2,1-7H3,(H,28,32)/t14?,20-/m1/s1. The molecule has 9 heteroatoms. The van der Waals surface area contributed by atoms with Crippen molar-refractivity contribution in [1.29, 1.82) is 0 Å². The molecule has 2 atom stereocenters. The lowest BCUT2D eigenvalue weighted by molar-refractivity contribution is -0.133. The number of imidazole rings is 1. The molecule has 1 aliphatic heterocycles. The first kappa shape index (κ1) is 24.8. The minimum atomic E-state index is -0.973. The van der Waals surface area contributed by atoms with E-state index in [1.165, 1.54) is 11.0 Å². The molecule has 1 unspecified atom stereocenters. The van der Waals surface area contributed by atoms with Gasteiger partial charge in [-0.15, -0.1) is 0 Å². The molecule has 0 spiro atoms. The van der Waals surface area contributed by atoms with E-state index in [9.17, 15) is 18.4 Å². The van der Waals surface area contributed by atoms with Crippen molar-refractivity contribution in [2.24, 2.45) is 5.41 Å². The van der Waals surface area contributed by atoms with Crippen LogP contribution in [-0.4, -0.2) is 64.4 Å². The van der Waals surface area contributed by atoms with Crippen LogP contribution in [0.15, 0.2) is 18.2 Å². The predicted octanol–water partition coefficient (Wildman–Crippen LogP) is 3.29. The van der Waals surface area contributed by atoms with Gasteiger partial charge in [-0.1, -0.05) is 20.8 Å². The number of nitrogens with zero attached hydrogens (tertiary/aromatic N) is 4. The van der Waals surface area contributed by atoms with Crippen LogP contribution < -0.4 is 5.32 Å². The quantitative estimate of drug-likeness (QED) is 0.759. The third-order valence-corrected chi connectivity index (χ3v) is 6.22. The Morgan fingerprint density at radius 3 is 2.45 bits per heavy atom. The van der Waals surface area contributed by atoms with Gasteiger partial charge in [-0.05, 0) is 44.0 Å². The number of fused-ring (bicyclic) bond motifs is 1. The Labute approximate surface area is 193 Å². The molecular weight excluding hydrogens is 428 g/mol. The molecule has 0 radical (unpaired) electrons. The van der Waals surface area contributed by atoms with Crippen molar-refractivity contribution in [2.45, 2.75) is 59.3 Å². The minimum Gasteiger partial charge on any atom is -0.347 e. The number of hydrogen-bond donors (Lipinski definition) is 1. The summed E-state index contributed by atoms with van der Waals surface area (Å²) in [6.45, 7) is 8.79. The van der Waals surface area contributed by atoms with Crippen LogP contribution in [0.3, 0.4) is 0 Å². The maximum absolute atomic E-state index is 14.0. The molecule has 7 nitrogen and oxygen atoms in total. The third kappa shape index (κ3) is 5.08. The van der Waals surface area contributed by atoms with Gasteiger partial charge in [0.05, 0.1) is 5.69 Å². The summed E-state index contributed by atoms with van der Waals surface area (Å²) in [6, 6.07) is 3.12. The van der Waals surface area contributed by atoms with E-state index in [-0.39, 0.29) is 17.6 Å². The minimum absolute atomic E-state index is 0.191. The number of rotatable bonds is 4. The molecule has 1 N–H and O–H groups in total. The number of likely N-dealkylation sites (N-methyl/N-ethyl adjacent to an activating group) is 1. The summed E-state index contributed by atoms with van der Waals surface area (Å²) >= 11 is 0. The summed E-state index contributed by atoms with van der Waals surface area (Å²) in [6.07, 6.45) is 0.807. The van der Waals surface area contributed by atoms with Crippen molar-refractivity contribution in [1.82, 2.24) is 24.7 Å².